The number of ether oxygens (including phenoxy) is 1. The van der Waals surface area contributed by atoms with Gasteiger partial charge in [-0.2, -0.15) is 0 Å². The fourth-order valence-corrected chi connectivity index (χ4v) is 5.06. The molecule has 0 bridgehead atoms. The Morgan fingerprint density at radius 3 is 2.54 bits per heavy atom. The molecular weight excluding hydrogens is 370 g/mol. The molecule has 1 aliphatic heterocycles. The molecule has 0 spiro atoms. The second kappa shape index (κ2) is 8.53. The number of anilines is 1. The summed E-state index contributed by atoms with van der Waals surface area (Å²) in [5.41, 5.74) is 1.16. The number of rotatable bonds is 7. The van der Waals surface area contributed by atoms with Gasteiger partial charge < -0.3 is 15.0 Å². The van der Waals surface area contributed by atoms with Crippen molar-refractivity contribution in [2.75, 3.05) is 38.2 Å². The maximum atomic E-state index is 12.3. The molecular formula is C22H29N3O2S. The molecule has 2 atom stereocenters. The number of hydrogen-bond donors (Lipinski definition) is 1. The number of thiophene rings is 1. The Balaban J connectivity index is 1.45. The van der Waals surface area contributed by atoms with Gasteiger partial charge in [-0.15, -0.1) is 11.3 Å². The zero-order valence-corrected chi connectivity index (χ0v) is 17.5. The van der Waals surface area contributed by atoms with Gasteiger partial charge in [0.2, 0.25) is 5.91 Å². The zero-order valence-electron chi connectivity index (χ0n) is 16.6. The SMILES string of the molecule is COc1ccccc1N1CCN(C(c2cccs2)C(C)NC(=O)C2CC2)CC1. The third-order valence-electron chi connectivity index (χ3n) is 5.76. The molecule has 2 fully saturated rings. The topological polar surface area (TPSA) is 44.8 Å². The molecule has 1 saturated carbocycles. The van der Waals surface area contributed by atoms with Crippen molar-refractivity contribution in [2.45, 2.75) is 31.8 Å². The van der Waals surface area contributed by atoms with E-state index in [2.05, 4.69) is 51.7 Å². The van der Waals surface area contributed by atoms with Crippen molar-refractivity contribution in [2.24, 2.45) is 5.92 Å². The summed E-state index contributed by atoms with van der Waals surface area (Å²) in [5, 5.41) is 5.41. The zero-order chi connectivity index (χ0) is 19.5. The second-order valence-electron chi connectivity index (χ2n) is 7.73. The summed E-state index contributed by atoms with van der Waals surface area (Å²) >= 11 is 1.78. The predicted molar refractivity (Wildman–Crippen MR) is 114 cm³/mol. The minimum absolute atomic E-state index is 0.101. The Bertz CT molecular complexity index is 783. The van der Waals surface area contributed by atoms with Crippen LogP contribution in [-0.4, -0.2) is 50.1 Å². The summed E-state index contributed by atoms with van der Waals surface area (Å²) in [5.74, 6) is 1.39. The highest BCUT2D eigenvalue weighted by Crippen LogP contribution is 2.34. The molecule has 2 unspecified atom stereocenters. The van der Waals surface area contributed by atoms with E-state index in [0.29, 0.717) is 0 Å². The average Bonchev–Trinajstić information content (AvgIpc) is 3.45. The van der Waals surface area contributed by atoms with E-state index in [1.165, 1.54) is 4.88 Å². The number of carbonyl (C=O) groups excluding carboxylic acids is 1. The third kappa shape index (κ3) is 4.18. The fraction of sp³-hybridized carbons (Fsp3) is 0.500. The minimum Gasteiger partial charge on any atom is -0.495 e. The van der Waals surface area contributed by atoms with Crippen LogP contribution in [0.2, 0.25) is 0 Å². The molecule has 6 heteroatoms. The van der Waals surface area contributed by atoms with Gasteiger partial charge in [0.15, 0.2) is 0 Å². The highest BCUT2D eigenvalue weighted by atomic mass is 32.1. The summed E-state index contributed by atoms with van der Waals surface area (Å²) in [6.07, 6.45) is 2.08. The van der Waals surface area contributed by atoms with E-state index in [9.17, 15) is 4.79 Å². The molecule has 1 saturated heterocycles. The Kier molecular flexibility index (Phi) is 5.87. The van der Waals surface area contributed by atoms with Crippen LogP contribution >= 0.6 is 11.3 Å². The van der Waals surface area contributed by atoms with Gasteiger partial charge in [-0.25, -0.2) is 0 Å². The van der Waals surface area contributed by atoms with Gasteiger partial charge in [0.05, 0.1) is 18.8 Å². The van der Waals surface area contributed by atoms with E-state index in [-0.39, 0.29) is 23.9 Å². The van der Waals surface area contributed by atoms with E-state index < -0.39 is 0 Å². The number of hydrogen-bond acceptors (Lipinski definition) is 5. The molecule has 4 rings (SSSR count). The first kappa shape index (κ1) is 19.3. The minimum atomic E-state index is 0.101. The van der Waals surface area contributed by atoms with Crippen molar-refractivity contribution in [1.82, 2.24) is 10.2 Å². The van der Waals surface area contributed by atoms with Crippen LogP contribution in [0.3, 0.4) is 0 Å². The molecule has 2 aromatic rings. The van der Waals surface area contributed by atoms with Crippen LogP contribution in [0.5, 0.6) is 5.75 Å². The quantitative estimate of drug-likeness (QED) is 0.774. The first-order valence-electron chi connectivity index (χ1n) is 10.1. The largest absolute Gasteiger partial charge is 0.495 e. The van der Waals surface area contributed by atoms with Crippen LogP contribution in [0, 0.1) is 5.92 Å². The Morgan fingerprint density at radius 2 is 1.89 bits per heavy atom. The second-order valence-corrected chi connectivity index (χ2v) is 8.71. The Morgan fingerprint density at radius 1 is 1.14 bits per heavy atom. The third-order valence-corrected chi connectivity index (χ3v) is 6.70. The number of amides is 1. The predicted octanol–water partition coefficient (Wildman–Crippen LogP) is 3.53. The van der Waals surface area contributed by atoms with Gasteiger partial charge in [0.25, 0.3) is 0 Å². The van der Waals surface area contributed by atoms with Gasteiger partial charge in [-0.3, -0.25) is 9.69 Å². The van der Waals surface area contributed by atoms with Crippen LogP contribution in [-0.2, 0) is 4.79 Å². The molecule has 1 amide bonds. The highest BCUT2D eigenvalue weighted by Gasteiger charge is 2.35. The van der Waals surface area contributed by atoms with Crippen molar-refractivity contribution >= 4 is 22.9 Å². The number of nitrogens with one attached hydrogen (secondary N) is 1. The molecule has 0 radical (unpaired) electrons. The van der Waals surface area contributed by atoms with Crippen molar-refractivity contribution in [3.8, 4) is 5.75 Å². The molecule has 1 aromatic carbocycles. The number of para-hydroxylation sites is 2. The number of methoxy groups -OCH3 is 1. The summed E-state index contributed by atoms with van der Waals surface area (Å²) in [7, 11) is 1.73. The standard InChI is InChI=1S/C22H29N3O2S/c1-16(23-22(26)17-9-10-17)21(20-8-5-15-28-20)25-13-11-24(12-14-25)18-6-3-4-7-19(18)27-2/h3-8,15-17,21H,9-14H2,1-2H3,(H,23,26). The van der Waals surface area contributed by atoms with Gasteiger partial charge >= 0.3 is 0 Å². The van der Waals surface area contributed by atoms with Gasteiger partial charge in [-0.1, -0.05) is 18.2 Å². The number of piperazine rings is 1. The van der Waals surface area contributed by atoms with E-state index in [1.54, 1.807) is 18.4 Å². The lowest BCUT2D eigenvalue weighted by Crippen LogP contribution is -2.52. The molecule has 2 aliphatic rings. The molecule has 2 heterocycles. The maximum absolute atomic E-state index is 12.3. The summed E-state index contributed by atoms with van der Waals surface area (Å²) in [6, 6.07) is 12.8. The lowest BCUT2D eigenvalue weighted by Gasteiger charge is -2.42. The maximum Gasteiger partial charge on any atom is 0.223 e. The van der Waals surface area contributed by atoms with Crippen molar-refractivity contribution in [3.63, 3.8) is 0 Å². The van der Waals surface area contributed by atoms with Crippen molar-refractivity contribution < 1.29 is 9.53 Å². The number of benzene rings is 1. The summed E-state index contributed by atoms with van der Waals surface area (Å²) in [6.45, 7) is 5.98. The summed E-state index contributed by atoms with van der Waals surface area (Å²) < 4.78 is 5.54. The highest BCUT2D eigenvalue weighted by molar-refractivity contribution is 7.10. The van der Waals surface area contributed by atoms with Gasteiger partial charge in [-0.05, 0) is 43.3 Å². The molecule has 1 aliphatic carbocycles. The molecule has 150 valence electrons. The first-order valence-corrected chi connectivity index (χ1v) is 11.0. The molecule has 5 nitrogen and oxygen atoms in total. The van der Waals surface area contributed by atoms with Gasteiger partial charge in [0.1, 0.15) is 5.75 Å². The Hall–Kier alpha value is -2.05. The fourth-order valence-electron chi connectivity index (χ4n) is 4.10. The van der Waals surface area contributed by atoms with Crippen LogP contribution in [0.15, 0.2) is 41.8 Å². The normalized spacial score (nSPS) is 19.9. The lowest BCUT2D eigenvalue weighted by molar-refractivity contribution is -0.123. The van der Waals surface area contributed by atoms with E-state index in [1.807, 2.05) is 12.1 Å². The van der Waals surface area contributed by atoms with Gasteiger partial charge in [0, 0.05) is 43.0 Å². The van der Waals surface area contributed by atoms with Crippen LogP contribution in [0.25, 0.3) is 0 Å². The number of carbonyl (C=O) groups is 1. The van der Waals surface area contributed by atoms with Crippen LogP contribution in [0.1, 0.15) is 30.7 Å². The lowest BCUT2D eigenvalue weighted by atomic mass is 10.0. The van der Waals surface area contributed by atoms with Crippen molar-refractivity contribution in [1.29, 1.82) is 0 Å². The van der Waals surface area contributed by atoms with E-state index >= 15 is 0 Å². The van der Waals surface area contributed by atoms with E-state index in [4.69, 9.17) is 4.74 Å². The van der Waals surface area contributed by atoms with E-state index in [0.717, 1.165) is 50.5 Å². The Labute approximate surface area is 171 Å². The average molecular weight is 400 g/mol. The smallest absolute Gasteiger partial charge is 0.223 e. The number of nitrogens with zero attached hydrogens (tertiary/aromatic N) is 2. The molecule has 1 N–H and O–H groups in total. The van der Waals surface area contributed by atoms with Crippen LogP contribution < -0.4 is 15.0 Å². The summed E-state index contributed by atoms with van der Waals surface area (Å²) in [4.78, 5) is 18.6. The first-order chi connectivity index (χ1) is 13.7. The van der Waals surface area contributed by atoms with Crippen molar-refractivity contribution in [3.05, 3.63) is 46.7 Å². The monoisotopic (exact) mass is 399 g/mol. The molecule has 28 heavy (non-hydrogen) atoms. The van der Waals surface area contributed by atoms with Crippen LogP contribution in [0.4, 0.5) is 5.69 Å². The molecule has 1 aromatic heterocycles.